The number of sulfonamides is 1. The topological polar surface area (TPSA) is 87.3 Å². The van der Waals surface area contributed by atoms with Gasteiger partial charge >= 0.3 is 0 Å². The molecule has 1 aromatic rings. The van der Waals surface area contributed by atoms with Gasteiger partial charge in [-0.25, -0.2) is 13.1 Å². The molecule has 0 unspecified atom stereocenters. The monoisotopic (exact) mass is 319 g/mol. The van der Waals surface area contributed by atoms with E-state index in [1.54, 1.807) is 19.2 Å². The fourth-order valence-electron chi connectivity index (χ4n) is 1.43. The molecule has 0 aliphatic carbocycles. The molecule has 0 spiro atoms. The molecule has 0 saturated carbocycles. The van der Waals surface area contributed by atoms with Gasteiger partial charge in [-0.05, 0) is 25.2 Å². The van der Waals surface area contributed by atoms with Gasteiger partial charge < -0.3 is 10.6 Å². The summed E-state index contributed by atoms with van der Waals surface area (Å²) in [6.45, 7) is 0.947. The Bertz CT molecular complexity index is 549. The first-order chi connectivity index (χ1) is 9.45. The maximum atomic E-state index is 11.9. The molecule has 112 valence electrons. The van der Waals surface area contributed by atoms with Gasteiger partial charge in [0, 0.05) is 31.1 Å². The SMILES string of the molecule is CNCCC(=O)NCCNS(=O)(=O)c1cccc(Cl)c1. The fraction of sp³-hybridized carbons (Fsp3) is 0.417. The maximum absolute atomic E-state index is 11.9. The number of benzene rings is 1. The Hall–Kier alpha value is -1.15. The zero-order valence-corrected chi connectivity index (χ0v) is 12.7. The van der Waals surface area contributed by atoms with Gasteiger partial charge in [-0.1, -0.05) is 17.7 Å². The van der Waals surface area contributed by atoms with Crippen molar-refractivity contribution >= 4 is 27.5 Å². The van der Waals surface area contributed by atoms with Gasteiger partial charge in [0.2, 0.25) is 15.9 Å². The molecular weight excluding hydrogens is 302 g/mol. The van der Waals surface area contributed by atoms with Gasteiger partial charge in [0.05, 0.1) is 4.90 Å². The lowest BCUT2D eigenvalue weighted by Gasteiger charge is -2.08. The van der Waals surface area contributed by atoms with Crippen LogP contribution in [0.4, 0.5) is 0 Å². The number of amides is 1. The third kappa shape index (κ3) is 5.87. The predicted octanol–water partition coefficient (Wildman–Crippen LogP) is 0.344. The largest absolute Gasteiger partial charge is 0.355 e. The van der Waals surface area contributed by atoms with Gasteiger partial charge in [0.25, 0.3) is 0 Å². The van der Waals surface area contributed by atoms with E-state index in [4.69, 9.17) is 11.6 Å². The van der Waals surface area contributed by atoms with Crippen LogP contribution in [0.25, 0.3) is 0 Å². The summed E-state index contributed by atoms with van der Waals surface area (Å²) in [5.74, 6) is -0.124. The van der Waals surface area contributed by atoms with Crippen molar-refractivity contribution in [3.63, 3.8) is 0 Å². The Balaban J connectivity index is 2.39. The highest BCUT2D eigenvalue weighted by atomic mass is 35.5. The Morgan fingerprint density at radius 1 is 1.25 bits per heavy atom. The lowest BCUT2D eigenvalue weighted by molar-refractivity contribution is -0.120. The fourth-order valence-corrected chi connectivity index (χ4v) is 2.76. The Morgan fingerprint density at radius 3 is 2.65 bits per heavy atom. The number of hydrogen-bond donors (Lipinski definition) is 3. The van der Waals surface area contributed by atoms with E-state index < -0.39 is 10.0 Å². The summed E-state index contributed by atoms with van der Waals surface area (Å²) < 4.78 is 26.2. The molecular formula is C12H18ClN3O3S. The molecule has 0 fully saturated rings. The van der Waals surface area contributed by atoms with Crippen molar-refractivity contribution in [1.29, 1.82) is 0 Å². The zero-order valence-electron chi connectivity index (χ0n) is 11.1. The van der Waals surface area contributed by atoms with Gasteiger partial charge in [0.1, 0.15) is 0 Å². The van der Waals surface area contributed by atoms with Gasteiger partial charge in [-0.3, -0.25) is 4.79 Å². The molecule has 0 aliphatic heterocycles. The quantitative estimate of drug-likeness (QED) is 0.603. The smallest absolute Gasteiger partial charge is 0.240 e. The van der Waals surface area contributed by atoms with Crippen LogP contribution in [-0.4, -0.2) is 41.0 Å². The summed E-state index contributed by atoms with van der Waals surface area (Å²) in [7, 11) is -1.84. The van der Waals surface area contributed by atoms with Crippen molar-refractivity contribution in [3.05, 3.63) is 29.3 Å². The van der Waals surface area contributed by atoms with E-state index in [1.165, 1.54) is 12.1 Å². The summed E-state index contributed by atoms with van der Waals surface area (Å²) in [5, 5.41) is 5.83. The summed E-state index contributed by atoms with van der Waals surface area (Å²) in [4.78, 5) is 11.4. The number of nitrogens with one attached hydrogen (secondary N) is 3. The molecule has 0 radical (unpaired) electrons. The molecule has 0 aliphatic rings. The molecule has 0 bridgehead atoms. The minimum atomic E-state index is -3.60. The third-order valence-electron chi connectivity index (χ3n) is 2.45. The van der Waals surface area contributed by atoms with Crippen LogP contribution in [0.3, 0.4) is 0 Å². The first kappa shape index (κ1) is 16.9. The van der Waals surface area contributed by atoms with Crippen LogP contribution in [0.1, 0.15) is 6.42 Å². The highest BCUT2D eigenvalue weighted by Crippen LogP contribution is 2.14. The highest BCUT2D eigenvalue weighted by Gasteiger charge is 2.13. The summed E-state index contributed by atoms with van der Waals surface area (Å²) in [5.41, 5.74) is 0. The molecule has 0 aromatic heterocycles. The standard InChI is InChI=1S/C12H18ClN3O3S/c1-14-6-5-12(17)15-7-8-16-20(18,19)11-4-2-3-10(13)9-11/h2-4,9,14,16H,5-8H2,1H3,(H,15,17). The Labute approximate surface area is 123 Å². The second-order valence-corrected chi connectivity index (χ2v) is 6.26. The number of rotatable bonds is 8. The van der Waals surface area contributed by atoms with Crippen molar-refractivity contribution < 1.29 is 13.2 Å². The zero-order chi connectivity index (χ0) is 15.0. The van der Waals surface area contributed by atoms with Crippen molar-refractivity contribution in [2.45, 2.75) is 11.3 Å². The van der Waals surface area contributed by atoms with E-state index in [9.17, 15) is 13.2 Å². The number of halogens is 1. The van der Waals surface area contributed by atoms with Gasteiger partial charge in [-0.15, -0.1) is 0 Å². The normalized spacial score (nSPS) is 11.3. The number of carbonyl (C=O) groups is 1. The highest BCUT2D eigenvalue weighted by molar-refractivity contribution is 7.89. The summed E-state index contributed by atoms with van der Waals surface area (Å²) >= 11 is 5.75. The summed E-state index contributed by atoms with van der Waals surface area (Å²) in [6.07, 6.45) is 0.359. The van der Waals surface area contributed by atoms with Gasteiger partial charge in [0.15, 0.2) is 0 Å². The van der Waals surface area contributed by atoms with E-state index in [-0.39, 0.29) is 23.9 Å². The third-order valence-corrected chi connectivity index (χ3v) is 4.14. The van der Waals surface area contributed by atoms with Crippen molar-refractivity contribution in [2.24, 2.45) is 0 Å². The van der Waals surface area contributed by atoms with Crippen molar-refractivity contribution in [1.82, 2.24) is 15.4 Å². The maximum Gasteiger partial charge on any atom is 0.240 e. The molecule has 0 heterocycles. The molecule has 8 heteroatoms. The van der Waals surface area contributed by atoms with Crippen LogP contribution in [0.2, 0.25) is 5.02 Å². The number of carbonyl (C=O) groups excluding carboxylic acids is 1. The number of hydrogen-bond acceptors (Lipinski definition) is 4. The van der Waals surface area contributed by atoms with E-state index in [0.29, 0.717) is 18.0 Å². The molecule has 1 amide bonds. The van der Waals surface area contributed by atoms with Crippen LogP contribution in [0.15, 0.2) is 29.2 Å². The van der Waals surface area contributed by atoms with Crippen LogP contribution in [0.5, 0.6) is 0 Å². The molecule has 3 N–H and O–H groups in total. The molecule has 6 nitrogen and oxygen atoms in total. The van der Waals surface area contributed by atoms with Crippen LogP contribution in [-0.2, 0) is 14.8 Å². The average Bonchev–Trinajstić information content (AvgIpc) is 2.41. The van der Waals surface area contributed by atoms with Crippen molar-refractivity contribution in [3.8, 4) is 0 Å². The van der Waals surface area contributed by atoms with Crippen molar-refractivity contribution in [2.75, 3.05) is 26.7 Å². The van der Waals surface area contributed by atoms with E-state index in [2.05, 4.69) is 15.4 Å². The first-order valence-corrected chi connectivity index (χ1v) is 7.98. The van der Waals surface area contributed by atoms with E-state index >= 15 is 0 Å². The molecule has 0 atom stereocenters. The van der Waals surface area contributed by atoms with E-state index in [1.807, 2.05) is 0 Å². The molecule has 1 aromatic carbocycles. The van der Waals surface area contributed by atoms with Crippen LogP contribution < -0.4 is 15.4 Å². The minimum Gasteiger partial charge on any atom is -0.355 e. The van der Waals surface area contributed by atoms with Crippen LogP contribution in [0, 0.1) is 0 Å². The summed E-state index contributed by atoms with van der Waals surface area (Å²) in [6, 6.07) is 5.99. The predicted molar refractivity (Wildman–Crippen MR) is 78.2 cm³/mol. The lowest BCUT2D eigenvalue weighted by atomic mass is 10.4. The molecule has 20 heavy (non-hydrogen) atoms. The molecule has 1 rings (SSSR count). The van der Waals surface area contributed by atoms with E-state index in [0.717, 1.165) is 0 Å². The molecule has 0 saturated heterocycles. The first-order valence-electron chi connectivity index (χ1n) is 6.12. The second kappa shape index (κ2) is 8.21. The van der Waals surface area contributed by atoms with Crippen LogP contribution >= 0.6 is 11.6 Å². The second-order valence-electron chi connectivity index (χ2n) is 4.06. The Morgan fingerprint density at radius 2 is 2.00 bits per heavy atom. The average molecular weight is 320 g/mol. The Kier molecular flexibility index (Phi) is 6.94. The lowest BCUT2D eigenvalue weighted by Crippen LogP contribution is -2.35. The van der Waals surface area contributed by atoms with Gasteiger partial charge in [-0.2, -0.15) is 0 Å². The minimum absolute atomic E-state index is 0.103.